The fraction of sp³-hybridized carbons (Fsp3) is 0.357. The Labute approximate surface area is 206 Å². The number of phenols is 1. The maximum Gasteiger partial charge on any atom is 0.169 e. The van der Waals surface area contributed by atoms with Gasteiger partial charge < -0.3 is 26.0 Å². The van der Waals surface area contributed by atoms with Crippen LogP contribution >= 0.6 is 0 Å². The third kappa shape index (κ3) is 4.32. The lowest BCUT2D eigenvalue weighted by molar-refractivity contribution is 0.477. The molecule has 7 heteroatoms. The van der Waals surface area contributed by atoms with Crippen LogP contribution in [0.15, 0.2) is 60.2 Å². The van der Waals surface area contributed by atoms with Crippen LogP contribution < -0.4 is 20.9 Å². The van der Waals surface area contributed by atoms with Gasteiger partial charge in [-0.15, -0.1) is 10.2 Å². The number of rotatable bonds is 4. The minimum atomic E-state index is 0.196. The van der Waals surface area contributed by atoms with Crippen molar-refractivity contribution in [1.82, 2.24) is 15.5 Å². The molecular weight excluding hydrogens is 436 g/mol. The molecule has 4 N–H and O–H groups in total. The molecule has 4 heterocycles. The highest BCUT2D eigenvalue weighted by molar-refractivity contribution is 5.74. The first kappa shape index (κ1) is 21.9. The molecule has 3 aliphatic rings. The van der Waals surface area contributed by atoms with Crippen LogP contribution in [0.2, 0.25) is 0 Å². The molecule has 35 heavy (non-hydrogen) atoms. The van der Waals surface area contributed by atoms with Gasteiger partial charge in [0, 0.05) is 36.4 Å². The number of para-hydroxylation sites is 1. The molecule has 2 aromatic carbocycles. The van der Waals surface area contributed by atoms with E-state index in [0.29, 0.717) is 29.2 Å². The number of benzene rings is 2. The Morgan fingerprint density at radius 3 is 2.49 bits per heavy atom. The van der Waals surface area contributed by atoms with Crippen LogP contribution in [0.5, 0.6) is 5.75 Å². The standard InChI is InChI=1S/C28H32N6O/c29-28-26(16-25(31-32-28)24-6-1-2-7-27(24)35)33-17-22-8-9-23(18-33)34(22)21-5-3-4-20(15-21)14-19-10-12-30-13-11-19/h1-7,14-16,22-23,30,35H,8-13,17-18H2,(H2,29,32)/t22-,23+. The molecule has 3 aromatic rings. The van der Waals surface area contributed by atoms with Gasteiger partial charge in [-0.25, -0.2) is 0 Å². The van der Waals surface area contributed by atoms with Crippen molar-refractivity contribution in [2.75, 3.05) is 41.7 Å². The smallest absolute Gasteiger partial charge is 0.169 e. The normalized spacial score (nSPS) is 21.9. The Bertz CT molecular complexity index is 1240. The second-order valence-electron chi connectivity index (χ2n) is 9.86. The van der Waals surface area contributed by atoms with Crippen molar-refractivity contribution in [3.8, 4) is 17.0 Å². The summed E-state index contributed by atoms with van der Waals surface area (Å²) in [6.07, 6.45) is 6.99. The number of piperidine rings is 1. The van der Waals surface area contributed by atoms with Crippen LogP contribution in [0.1, 0.15) is 31.2 Å². The predicted octanol–water partition coefficient (Wildman–Crippen LogP) is 4.06. The Balaban J connectivity index is 1.24. The van der Waals surface area contributed by atoms with Crippen LogP contribution in [0, 0.1) is 0 Å². The van der Waals surface area contributed by atoms with Crippen LogP contribution in [0.3, 0.4) is 0 Å². The van der Waals surface area contributed by atoms with Crippen molar-refractivity contribution in [2.45, 2.75) is 37.8 Å². The molecule has 2 bridgehead atoms. The molecule has 0 radical (unpaired) electrons. The summed E-state index contributed by atoms with van der Waals surface area (Å²) in [6.45, 7) is 3.94. The van der Waals surface area contributed by atoms with Crippen LogP contribution in [0.25, 0.3) is 17.3 Å². The number of fused-ring (bicyclic) bond motifs is 2. The monoisotopic (exact) mass is 468 g/mol. The fourth-order valence-electron chi connectivity index (χ4n) is 5.89. The van der Waals surface area contributed by atoms with Crippen molar-refractivity contribution in [3.63, 3.8) is 0 Å². The molecule has 0 spiro atoms. The fourth-order valence-corrected chi connectivity index (χ4v) is 5.89. The highest BCUT2D eigenvalue weighted by Crippen LogP contribution is 2.39. The minimum Gasteiger partial charge on any atom is -0.507 e. The van der Waals surface area contributed by atoms with Crippen LogP contribution in [-0.2, 0) is 0 Å². The maximum absolute atomic E-state index is 10.3. The Kier molecular flexibility index (Phi) is 5.78. The molecular formula is C28H32N6O. The van der Waals surface area contributed by atoms with Crippen molar-refractivity contribution >= 4 is 23.3 Å². The van der Waals surface area contributed by atoms with E-state index in [2.05, 4.69) is 55.7 Å². The molecule has 0 saturated carbocycles. The summed E-state index contributed by atoms with van der Waals surface area (Å²) in [6, 6.07) is 19.1. The molecule has 6 rings (SSSR count). The number of aromatic hydroxyl groups is 1. The first-order valence-corrected chi connectivity index (χ1v) is 12.6. The Hall–Kier alpha value is -3.58. The van der Waals surface area contributed by atoms with E-state index < -0.39 is 0 Å². The number of hydrogen-bond acceptors (Lipinski definition) is 7. The van der Waals surface area contributed by atoms with Gasteiger partial charge in [-0.05, 0) is 74.7 Å². The molecule has 0 unspecified atom stereocenters. The molecule has 2 atom stereocenters. The minimum absolute atomic E-state index is 0.196. The quantitative estimate of drug-likeness (QED) is 0.532. The zero-order valence-electron chi connectivity index (χ0n) is 19.9. The summed E-state index contributed by atoms with van der Waals surface area (Å²) in [5.41, 5.74) is 12.7. The van der Waals surface area contributed by atoms with Gasteiger partial charge in [-0.1, -0.05) is 35.9 Å². The third-order valence-corrected chi connectivity index (χ3v) is 7.59. The number of nitrogens with zero attached hydrogens (tertiary/aromatic N) is 4. The van der Waals surface area contributed by atoms with Crippen molar-refractivity contribution < 1.29 is 5.11 Å². The van der Waals surface area contributed by atoms with E-state index in [4.69, 9.17) is 5.73 Å². The number of nitrogens with two attached hydrogens (primary N) is 1. The lowest BCUT2D eigenvalue weighted by Gasteiger charge is -2.43. The number of phenolic OH excluding ortho intramolecular Hbond substituents is 1. The third-order valence-electron chi connectivity index (χ3n) is 7.59. The highest BCUT2D eigenvalue weighted by atomic mass is 16.3. The van der Waals surface area contributed by atoms with Crippen molar-refractivity contribution in [3.05, 3.63) is 65.7 Å². The number of nitrogen functional groups attached to an aromatic ring is 1. The lowest BCUT2D eigenvalue weighted by Crippen LogP contribution is -2.54. The van der Waals surface area contributed by atoms with E-state index in [1.165, 1.54) is 29.7 Å². The van der Waals surface area contributed by atoms with Gasteiger partial charge in [-0.3, -0.25) is 0 Å². The number of aromatic nitrogens is 2. The van der Waals surface area contributed by atoms with Gasteiger partial charge in [0.15, 0.2) is 5.82 Å². The summed E-state index contributed by atoms with van der Waals surface area (Å²) < 4.78 is 0. The summed E-state index contributed by atoms with van der Waals surface area (Å²) >= 11 is 0. The van der Waals surface area contributed by atoms with Gasteiger partial charge >= 0.3 is 0 Å². The number of anilines is 3. The molecule has 0 aliphatic carbocycles. The van der Waals surface area contributed by atoms with Gasteiger partial charge in [0.05, 0.1) is 11.4 Å². The molecule has 3 saturated heterocycles. The molecule has 3 aliphatic heterocycles. The number of hydrogen-bond donors (Lipinski definition) is 3. The van der Waals surface area contributed by atoms with E-state index in [-0.39, 0.29) is 5.75 Å². The Morgan fingerprint density at radius 1 is 0.943 bits per heavy atom. The zero-order valence-corrected chi connectivity index (χ0v) is 19.9. The summed E-state index contributed by atoms with van der Waals surface area (Å²) in [4.78, 5) is 4.98. The zero-order chi connectivity index (χ0) is 23.8. The molecule has 1 aromatic heterocycles. The first-order chi connectivity index (χ1) is 17.2. The van der Waals surface area contributed by atoms with Crippen LogP contribution in [0.4, 0.5) is 17.2 Å². The Morgan fingerprint density at radius 2 is 1.71 bits per heavy atom. The summed E-state index contributed by atoms with van der Waals surface area (Å²) in [7, 11) is 0. The van der Waals surface area contributed by atoms with Gasteiger partial charge in [0.1, 0.15) is 5.75 Å². The van der Waals surface area contributed by atoms with Gasteiger partial charge in [0.2, 0.25) is 0 Å². The van der Waals surface area contributed by atoms with E-state index >= 15 is 0 Å². The van der Waals surface area contributed by atoms with E-state index in [0.717, 1.165) is 44.7 Å². The largest absolute Gasteiger partial charge is 0.507 e. The topological polar surface area (TPSA) is 90.5 Å². The summed E-state index contributed by atoms with van der Waals surface area (Å²) in [5.74, 6) is 0.634. The molecule has 7 nitrogen and oxygen atoms in total. The molecule has 180 valence electrons. The van der Waals surface area contributed by atoms with Crippen LogP contribution in [-0.4, -0.2) is 53.6 Å². The average Bonchev–Trinajstić information content (AvgIpc) is 3.15. The predicted molar refractivity (Wildman–Crippen MR) is 142 cm³/mol. The second kappa shape index (κ2) is 9.23. The molecule has 3 fully saturated rings. The summed E-state index contributed by atoms with van der Waals surface area (Å²) in [5, 5.41) is 22.2. The van der Waals surface area contributed by atoms with Gasteiger partial charge in [-0.2, -0.15) is 0 Å². The number of piperazine rings is 1. The lowest BCUT2D eigenvalue weighted by atomic mass is 10.0. The van der Waals surface area contributed by atoms with E-state index in [9.17, 15) is 5.11 Å². The first-order valence-electron chi connectivity index (χ1n) is 12.6. The average molecular weight is 469 g/mol. The van der Waals surface area contributed by atoms with Crippen molar-refractivity contribution in [1.29, 1.82) is 0 Å². The van der Waals surface area contributed by atoms with Gasteiger partial charge in [0.25, 0.3) is 0 Å². The second-order valence-corrected chi connectivity index (χ2v) is 9.86. The van der Waals surface area contributed by atoms with E-state index in [1.807, 2.05) is 18.2 Å². The van der Waals surface area contributed by atoms with E-state index in [1.54, 1.807) is 12.1 Å². The number of nitrogens with one attached hydrogen (secondary N) is 1. The SMILES string of the molecule is Nc1nnc(-c2ccccc2O)cc1N1C[C@H]2CC[C@@H](C1)N2c1cccc(C=C2CCNCC2)c1. The maximum atomic E-state index is 10.3. The van der Waals surface area contributed by atoms with Crippen molar-refractivity contribution in [2.24, 2.45) is 0 Å². The molecule has 0 amide bonds. The highest BCUT2D eigenvalue weighted by Gasteiger charge is 2.40.